The molecule has 0 saturated carbocycles. The summed E-state index contributed by atoms with van der Waals surface area (Å²) in [7, 11) is 0. The van der Waals surface area contributed by atoms with Gasteiger partial charge in [0.1, 0.15) is 11.5 Å². The molecule has 0 spiro atoms. The zero-order chi connectivity index (χ0) is 12.4. The normalized spacial score (nSPS) is 10.4. The van der Waals surface area contributed by atoms with Crippen molar-refractivity contribution in [3.63, 3.8) is 0 Å². The molecule has 0 radical (unpaired) electrons. The highest BCUT2D eigenvalue weighted by atomic mass is 19.2. The summed E-state index contributed by atoms with van der Waals surface area (Å²) >= 11 is 0. The molecule has 0 atom stereocenters. The highest BCUT2D eigenvalue weighted by Crippen LogP contribution is 2.25. The molecule has 2 aromatic rings. The zero-order valence-corrected chi connectivity index (χ0v) is 9.01. The Balaban J connectivity index is 2.27. The van der Waals surface area contributed by atoms with Gasteiger partial charge in [-0.25, -0.2) is 13.2 Å². The zero-order valence-electron chi connectivity index (χ0n) is 9.01. The van der Waals surface area contributed by atoms with Crippen molar-refractivity contribution in [2.45, 2.75) is 6.92 Å². The average molecular weight is 238 g/mol. The van der Waals surface area contributed by atoms with Gasteiger partial charge in [0.25, 0.3) is 0 Å². The lowest BCUT2D eigenvalue weighted by Crippen LogP contribution is -1.93. The number of halogens is 3. The Kier molecular flexibility index (Phi) is 3.04. The summed E-state index contributed by atoms with van der Waals surface area (Å²) in [6.45, 7) is 1.90. The molecule has 0 saturated heterocycles. The molecule has 1 nitrogen and oxygen atoms in total. The summed E-state index contributed by atoms with van der Waals surface area (Å²) in [6.07, 6.45) is 0. The van der Waals surface area contributed by atoms with Crippen molar-refractivity contribution in [3.8, 4) is 11.5 Å². The van der Waals surface area contributed by atoms with Crippen LogP contribution in [0.1, 0.15) is 5.56 Å². The average Bonchev–Trinajstić information content (AvgIpc) is 2.29. The first kappa shape index (κ1) is 11.5. The lowest BCUT2D eigenvalue weighted by Gasteiger charge is -2.06. The van der Waals surface area contributed by atoms with Crippen molar-refractivity contribution < 1.29 is 17.9 Å². The maximum absolute atomic E-state index is 12.9. The molecule has 88 valence electrons. The molecule has 2 aromatic carbocycles. The summed E-state index contributed by atoms with van der Waals surface area (Å²) in [6, 6.07) is 8.52. The molecule has 0 N–H and O–H groups in total. The Morgan fingerprint density at radius 1 is 0.824 bits per heavy atom. The van der Waals surface area contributed by atoms with Crippen LogP contribution in [0, 0.1) is 24.4 Å². The van der Waals surface area contributed by atoms with Crippen LogP contribution in [0.3, 0.4) is 0 Å². The molecule has 0 unspecified atom stereocenters. The minimum Gasteiger partial charge on any atom is -0.457 e. The van der Waals surface area contributed by atoms with E-state index < -0.39 is 17.5 Å². The maximum atomic E-state index is 12.9. The molecule has 0 amide bonds. The van der Waals surface area contributed by atoms with Crippen LogP contribution in [0.2, 0.25) is 0 Å². The Morgan fingerprint density at radius 3 is 1.88 bits per heavy atom. The van der Waals surface area contributed by atoms with Gasteiger partial charge in [-0.3, -0.25) is 0 Å². The summed E-state index contributed by atoms with van der Waals surface area (Å²) in [5, 5.41) is 0. The van der Waals surface area contributed by atoms with Crippen LogP contribution in [0.5, 0.6) is 11.5 Å². The van der Waals surface area contributed by atoms with Gasteiger partial charge >= 0.3 is 0 Å². The van der Waals surface area contributed by atoms with Gasteiger partial charge in [0.2, 0.25) is 0 Å². The van der Waals surface area contributed by atoms with Crippen LogP contribution in [0.25, 0.3) is 0 Å². The lowest BCUT2D eigenvalue weighted by atomic mass is 10.2. The molecule has 2 rings (SSSR count). The van der Waals surface area contributed by atoms with Gasteiger partial charge in [-0.15, -0.1) is 0 Å². The third kappa shape index (κ3) is 2.58. The fourth-order valence-corrected chi connectivity index (χ4v) is 1.33. The number of aryl methyl sites for hydroxylation is 1. The highest BCUT2D eigenvalue weighted by molar-refractivity contribution is 5.33. The fraction of sp³-hybridized carbons (Fsp3) is 0.0769. The molecule has 0 aromatic heterocycles. The summed E-state index contributed by atoms with van der Waals surface area (Å²) in [4.78, 5) is 0. The molecule has 0 aliphatic carbocycles. The van der Waals surface area contributed by atoms with Crippen LogP contribution in [-0.2, 0) is 0 Å². The van der Waals surface area contributed by atoms with Gasteiger partial charge in [0, 0.05) is 12.1 Å². The van der Waals surface area contributed by atoms with Gasteiger partial charge in [0.05, 0.1) is 0 Å². The topological polar surface area (TPSA) is 9.23 Å². The third-order valence-electron chi connectivity index (χ3n) is 2.21. The van der Waals surface area contributed by atoms with E-state index in [0.717, 1.165) is 17.7 Å². The molecule has 17 heavy (non-hydrogen) atoms. The molecule has 0 aliphatic rings. The smallest absolute Gasteiger partial charge is 0.194 e. The van der Waals surface area contributed by atoms with Crippen LogP contribution < -0.4 is 4.74 Å². The van der Waals surface area contributed by atoms with Gasteiger partial charge in [0.15, 0.2) is 17.5 Å². The van der Waals surface area contributed by atoms with Crippen molar-refractivity contribution in [3.05, 3.63) is 59.4 Å². The SMILES string of the molecule is Cc1ccc(Oc2cc(F)c(F)c(F)c2)cc1. The van der Waals surface area contributed by atoms with E-state index in [1.807, 2.05) is 6.92 Å². The van der Waals surface area contributed by atoms with Crippen molar-refractivity contribution >= 4 is 0 Å². The summed E-state index contributed by atoms with van der Waals surface area (Å²) in [5.74, 6) is -3.69. The first-order chi connectivity index (χ1) is 8.06. The highest BCUT2D eigenvalue weighted by Gasteiger charge is 2.11. The van der Waals surface area contributed by atoms with E-state index in [9.17, 15) is 13.2 Å². The van der Waals surface area contributed by atoms with E-state index in [1.54, 1.807) is 24.3 Å². The Labute approximate surface area is 96.5 Å². The van der Waals surface area contributed by atoms with Gasteiger partial charge < -0.3 is 4.74 Å². The number of rotatable bonds is 2. The standard InChI is InChI=1S/C13H9F3O/c1-8-2-4-9(5-3-8)17-10-6-11(14)13(16)12(15)7-10/h2-7H,1H3. The Morgan fingerprint density at radius 2 is 1.35 bits per heavy atom. The first-order valence-corrected chi connectivity index (χ1v) is 4.95. The minimum absolute atomic E-state index is 0.0785. The van der Waals surface area contributed by atoms with E-state index in [0.29, 0.717) is 5.75 Å². The quantitative estimate of drug-likeness (QED) is 0.712. The molecule has 4 heteroatoms. The fourth-order valence-electron chi connectivity index (χ4n) is 1.33. The predicted octanol–water partition coefficient (Wildman–Crippen LogP) is 4.20. The second-order valence-electron chi connectivity index (χ2n) is 3.62. The Bertz CT molecular complexity index is 512. The molecular formula is C13H9F3O. The van der Waals surface area contributed by atoms with Crippen molar-refractivity contribution in [1.29, 1.82) is 0 Å². The van der Waals surface area contributed by atoms with Crippen LogP contribution in [0.15, 0.2) is 36.4 Å². The lowest BCUT2D eigenvalue weighted by molar-refractivity contribution is 0.423. The van der Waals surface area contributed by atoms with Crippen LogP contribution >= 0.6 is 0 Å². The van der Waals surface area contributed by atoms with E-state index in [-0.39, 0.29) is 5.75 Å². The molecule has 0 fully saturated rings. The summed E-state index contributed by atoms with van der Waals surface area (Å²) in [5.41, 5.74) is 1.04. The number of ether oxygens (including phenoxy) is 1. The van der Waals surface area contributed by atoms with Crippen LogP contribution in [0.4, 0.5) is 13.2 Å². The Hall–Kier alpha value is -1.97. The predicted molar refractivity (Wildman–Crippen MR) is 57.6 cm³/mol. The molecule has 0 aliphatic heterocycles. The van der Waals surface area contributed by atoms with Gasteiger partial charge in [-0.05, 0) is 19.1 Å². The number of benzene rings is 2. The molecule has 0 heterocycles. The van der Waals surface area contributed by atoms with E-state index in [4.69, 9.17) is 4.74 Å². The first-order valence-electron chi connectivity index (χ1n) is 4.95. The van der Waals surface area contributed by atoms with E-state index in [1.165, 1.54) is 0 Å². The van der Waals surface area contributed by atoms with Crippen LogP contribution in [-0.4, -0.2) is 0 Å². The minimum atomic E-state index is -1.50. The third-order valence-corrected chi connectivity index (χ3v) is 2.21. The largest absolute Gasteiger partial charge is 0.457 e. The van der Waals surface area contributed by atoms with Crippen molar-refractivity contribution in [1.82, 2.24) is 0 Å². The maximum Gasteiger partial charge on any atom is 0.194 e. The van der Waals surface area contributed by atoms with E-state index >= 15 is 0 Å². The van der Waals surface area contributed by atoms with Gasteiger partial charge in [-0.2, -0.15) is 0 Å². The molecule has 0 bridgehead atoms. The van der Waals surface area contributed by atoms with Crippen molar-refractivity contribution in [2.75, 3.05) is 0 Å². The summed E-state index contributed by atoms with van der Waals surface area (Å²) < 4.78 is 43.7. The molecular weight excluding hydrogens is 229 g/mol. The number of hydrogen-bond acceptors (Lipinski definition) is 1. The second kappa shape index (κ2) is 4.49. The van der Waals surface area contributed by atoms with E-state index in [2.05, 4.69) is 0 Å². The van der Waals surface area contributed by atoms with Crippen molar-refractivity contribution in [2.24, 2.45) is 0 Å². The second-order valence-corrected chi connectivity index (χ2v) is 3.62. The van der Waals surface area contributed by atoms with Gasteiger partial charge in [-0.1, -0.05) is 17.7 Å². The monoisotopic (exact) mass is 238 g/mol. The number of hydrogen-bond donors (Lipinski definition) is 0.